The second kappa shape index (κ2) is 14.4. The molecule has 0 heterocycles. The molecule has 5 N–H and O–H groups in total. The minimum atomic E-state index is -0.898. The fourth-order valence-electron chi connectivity index (χ4n) is 4.71. The molecule has 0 fully saturated rings. The molecule has 2 amide bonds. The number of carbonyl (C=O) groups is 2. The summed E-state index contributed by atoms with van der Waals surface area (Å²) in [4.78, 5) is 25.9. The molecule has 0 aliphatic rings. The Balaban J connectivity index is 1.71. The van der Waals surface area contributed by atoms with E-state index in [4.69, 9.17) is 10.5 Å². The van der Waals surface area contributed by atoms with Gasteiger partial charge in [0.1, 0.15) is 5.75 Å². The topological polar surface area (TPSA) is 114 Å². The van der Waals surface area contributed by atoms with E-state index in [0.717, 1.165) is 16.7 Å². The van der Waals surface area contributed by atoms with Crippen LogP contribution < -0.4 is 21.1 Å². The van der Waals surface area contributed by atoms with Crippen LogP contribution in [0.25, 0.3) is 0 Å². The third-order valence-electron chi connectivity index (χ3n) is 6.66. The number of aliphatic hydroxyl groups is 1. The summed E-state index contributed by atoms with van der Waals surface area (Å²) in [6, 6.07) is 21.4. The molecule has 0 aliphatic carbocycles. The highest BCUT2D eigenvalue weighted by atomic mass is 16.5. The molecule has 7 heteroatoms. The van der Waals surface area contributed by atoms with Gasteiger partial charge in [-0.2, -0.15) is 0 Å². The molecule has 7 nitrogen and oxygen atoms in total. The van der Waals surface area contributed by atoms with E-state index in [1.165, 1.54) is 0 Å². The van der Waals surface area contributed by atoms with Crippen molar-refractivity contribution in [1.29, 1.82) is 0 Å². The van der Waals surface area contributed by atoms with Crippen molar-refractivity contribution in [2.24, 2.45) is 5.92 Å². The number of hydrogen-bond acceptors (Lipinski definition) is 5. The van der Waals surface area contributed by atoms with Crippen molar-refractivity contribution in [2.75, 3.05) is 12.3 Å². The Morgan fingerprint density at radius 2 is 1.51 bits per heavy atom. The van der Waals surface area contributed by atoms with Gasteiger partial charge in [-0.3, -0.25) is 9.59 Å². The van der Waals surface area contributed by atoms with E-state index in [2.05, 4.69) is 24.5 Å². The van der Waals surface area contributed by atoms with Crippen molar-refractivity contribution in [2.45, 2.75) is 65.1 Å². The average molecular weight is 532 g/mol. The lowest BCUT2D eigenvalue weighted by molar-refractivity contribution is -0.124. The molecule has 0 radical (unpaired) electrons. The summed E-state index contributed by atoms with van der Waals surface area (Å²) in [7, 11) is 0. The van der Waals surface area contributed by atoms with Crippen LogP contribution in [0.15, 0.2) is 72.8 Å². The quantitative estimate of drug-likeness (QED) is 0.241. The van der Waals surface area contributed by atoms with E-state index in [-0.39, 0.29) is 30.9 Å². The fourth-order valence-corrected chi connectivity index (χ4v) is 4.71. The van der Waals surface area contributed by atoms with E-state index < -0.39 is 12.1 Å². The molecular formula is C32H41N3O4. The first-order valence-electron chi connectivity index (χ1n) is 13.5. The van der Waals surface area contributed by atoms with Gasteiger partial charge in [0.2, 0.25) is 0 Å². The molecule has 3 rings (SSSR count). The highest BCUT2D eigenvalue weighted by molar-refractivity contribution is 5.94. The number of rotatable bonds is 13. The van der Waals surface area contributed by atoms with Crippen LogP contribution in [-0.4, -0.2) is 41.7 Å². The first-order valence-corrected chi connectivity index (χ1v) is 13.5. The second-order valence-corrected chi connectivity index (χ2v) is 10.6. The summed E-state index contributed by atoms with van der Waals surface area (Å²) >= 11 is 0. The maximum absolute atomic E-state index is 13.0. The summed E-state index contributed by atoms with van der Waals surface area (Å²) in [6.07, 6.45) is 0.510. The molecular weight excluding hydrogens is 490 g/mol. The van der Waals surface area contributed by atoms with Crippen LogP contribution in [-0.2, 0) is 11.2 Å². The largest absolute Gasteiger partial charge is 0.483 e. The van der Waals surface area contributed by atoms with Crippen LogP contribution in [0.5, 0.6) is 5.75 Å². The van der Waals surface area contributed by atoms with Gasteiger partial charge in [-0.1, -0.05) is 62.4 Å². The number of aryl methyl sites for hydroxylation is 2. The first-order chi connectivity index (χ1) is 18.6. The predicted octanol–water partition coefficient (Wildman–Crippen LogP) is 4.59. The zero-order valence-electron chi connectivity index (χ0n) is 23.3. The molecule has 3 aromatic rings. The number of benzene rings is 3. The number of nitrogens with one attached hydrogen (secondary N) is 2. The molecule has 0 saturated carbocycles. The van der Waals surface area contributed by atoms with Crippen LogP contribution in [0.1, 0.15) is 53.7 Å². The third-order valence-corrected chi connectivity index (χ3v) is 6.66. The van der Waals surface area contributed by atoms with Crippen molar-refractivity contribution < 1.29 is 19.4 Å². The lowest BCUT2D eigenvalue weighted by atomic mass is 9.92. The first kappa shape index (κ1) is 29.7. The van der Waals surface area contributed by atoms with Crippen molar-refractivity contribution in [3.63, 3.8) is 0 Å². The van der Waals surface area contributed by atoms with E-state index in [1.54, 1.807) is 24.3 Å². The van der Waals surface area contributed by atoms with Crippen LogP contribution in [0.3, 0.4) is 0 Å². The second-order valence-electron chi connectivity index (χ2n) is 10.6. The fraction of sp³-hybridized carbons (Fsp3) is 0.375. The molecule has 39 heavy (non-hydrogen) atoms. The van der Waals surface area contributed by atoms with Crippen molar-refractivity contribution in [3.05, 3.63) is 95.1 Å². The Morgan fingerprint density at radius 3 is 2.13 bits per heavy atom. The number of nitrogens with two attached hydrogens (primary N) is 1. The monoisotopic (exact) mass is 531 g/mol. The third kappa shape index (κ3) is 9.45. The van der Waals surface area contributed by atoms with Crippen LogP contribution in [0, 0.1) is 19.8 Å². The molecule has 3 unspecified atom stereocenters. The van der Waals surface area contributed by atoms with E-state index in [0.29, 0.717) is 35.8 Å². The molecule has 3 aromatic carbocycles. The summed E-state index contributed by atoms with van der Waals surface area (Å²) in [5.74, 6) is 0.444. The van der Waals surface area contributed by atoms with Crippen molar-refractivity contribution >= 4 is 17.5 Å². The average Bonchev–Trinajstić information content (AvgIpc) is 2.88. The SMILES string of the molecule is Cc1cccc(C)c1OCC(=O)NC(Cc1ccccc1)C(O)CC(CC(C)C)NC(=O)c1ccc(N)cc1. The van der Waals surface area contributed by atoms with Gasteiger partial charge >= 0.3 is 0 Å². The number of aliphatic hydroxyl groups excluding tert-OH is 1. The molecule has 0 aromatic heterocycles. The van der Waals surface area contributed by atoms with Gasteiger partial charge in [-0.25, -0.2) is 0 Å². The Bertz CT molecular complexity index is 1190. The summed E-state index contributed by atoms with van der Waals surface area (Å²) in [5.41, 5.74) is 9.75. The molecule has 0 saturated heterocycles. The van der Waals surface area contributed by atoms with E-state index in [9.17, 15) is 14.7 Å². The molecule has 0 spiro atoms. The summed E-state index contributed by atoms with van der Waals surface area (Å²) in [6.45, 7) is 7.87. The number of amides is 2. The molecule has 0 aliphatic heterocycles. The zero-order valence-corrected chi connectivity index (χ0v) is 23.3. The van der Waals surface area contributed by atoms with Crippen molar-refractivity contribution in [3.8, 4) is 5.75 Å². The van der Waals surface area contributed by atoms with Gasteiger partial charge in [0.05, 0.1) is 12.1 Å². The van der Waals surface area contributed by atoms with Crippen LogP contribution >= 0.6 is 0 Å². The van der Waals surface area contributed by atoms with Gasteiger partial charge in [0.15, 0.2) is 6.61 Å². The number of ether oxygens (including phenoxy) is 1. The number of carbonyl (C=O) groups excluding carboxylic acids is 2. The summed E-state index contributed by atoms with van der Waals surface area (Å²) in [5, 5.41) is 17.4. The summed E-state index contributed by atoms with van der Waals surface area (Å²) < 4.78 is 5.84. The predicted molar refractivity (Wildman–Crippen MR) is 156 cm³/mol. The Hall–Kier alpha value is -3.84. The molecule has 3 atom stereocenters. The van der Waals surface area contributed by atoms with Crippen LogP contribution in [0.2, 0.25) is 0 Å². The van der Waals surface area contributed by atoms with Crippen LogP contribution in [0.4, 0.5) is 5.69 Å². The number of nitrogen functional groups attached to an aromatic ring is 1. The molecule has 208 valence electrons. The minimum absolute atomic E-state index is 0.160. The highest BCUT2D eigenvalue weighted by Crippen LogP contribution is 2.22. The van der Waals surface area contributed by atoms with Gasteiger partial charge < -0.3 is 26.2 Å². The zero-order chi connectivity index (χ0) is 28.4. The Labute approximate surface area is 231 Å². The smallest absolute Gasteiger partial charge is 0.258 e. The standard InChI is InChI=1S/C32H41N3O4/c1-21(2)17-27(34-32(38)25-13-15-26(33)16-14-25)19-29(36)28(18-24-11-6-5-7-12-24)35-30(37)20-39-31-22(3)9-8-10-23(31)4/h5-16,21,27-29,36H,17-20,33H2,1-4H3,(H,34,38)(H,35,37). The maximum Gasteiger partial charge on any atom is 0.258 e. The Kier molecular flexibility index (Phi) is 10.9. The van der Waals surface area contributed by atoms with E-state index in [1.807, 2.05) is 62.4 Å². The Morgan fingerprint density at radius 1 is 0.872 bits per heavy atom. The van der Waals surface area contributed by atoms with Gasteiger partial charge in [0, 0.05) is 17.3 Å². The normalized spacial score (nSPS) is 13.4. The van der Waals surface area contributed by atoms with Gasteiger partial charge in [-0.05, 0) is 80.0 Å². The lowest BCUT2D eigenvalue weighted by Crippen LogP contribution is -2.49. The minimum Gasteiger partial charge on any atom is -0.483 e. The molecule has 0 bridgehead atoms. The highest BCUT2D eigenvalue weighted by Gasteiger charge is 2.27. The number of para-hydroxylation sites is 1. The lowest BCUT2D eigenvalue weighted by Gasteiger charge is -2.29. The van der Waals surface area contributed by atoms with Gasteiger partial charge in [0.25, 0.3) is 11.8 Å². The van der Waals surface area contributed by atoms with E-state index >= 15 is 0 Å². The van der Waals surface area contributed by atoms with Gasteiger partial charge in [-0.15, -0.1) is 0 Å². The van der Waals surface area contributed by atoms with Crippen molar-refractivity contribution in [1.82, 2.24) is 10.6 Å². The number of hydrogen-bond donors (Lipinski definition) is 4. The number of anilines is 1. The maximum atomic E-state index is 13.0.